The third kappa shape index (κ3) is 2.56. The van der Waals surface area contributed by atoms with Crippen molar-refractivity contribution < 1.29 is 17.0 Å². The predicted octanol–water partition coefficient (Wildman–Crippen LogP) is 2.41. The van der Waals surface area contributed by atoms with Crippen LogP contribution in [0.2, 0.25) is 0 Å². The molecule has 2 heterocycles. The zero-order valence-electron chi connectivity index (χ0n) is 14.5. The maximum Gasteiger partial charge on any atom is 0.212 e. The number of nitrogens with zero attached hydrogens (tertiary/aromatic N) is 2. The largest absolute Gasteiger partial charge is 1.00 e. The Kier molecular flexibility index (Phi) is 4.14. The molecule has 5 rings (SSSR count). The van der Waals surface area contributed by atoms with Crippen molar-refractivity contribution in [3.8, 4) is 10.6 Å². The Morgan fingerprint density at radius 3 is 2.58 bits per heavy atom. The number of thiazole rings is 1. The molecule has 4 heteroatoms. The van der Waals surface area contributed by atoms with Crippen molar-refractivity contribution in [2.75, 3.05) is 0 Å². The summed E-state index contributed by atoms with van der Waals surface area (Å²) in [4.78, 5) is 4.82. The van der Waals surface area contributed by atoms with Crippen LogP contribution < -0.4 is 17.0 Å². The molecule has 0 saturated carbocycles. The number of hydrogen-bond acceptors (Lipinski definition) is 2. The van der Waals surface area contributed by atoms with Gasteiger partial charge in [-0.3, -0.25) is 0 Å². The summed E-state index contributed by atoms with van der Waals surface area (Å²) in [7, 11) is 2.12. The van der Waals surface area contributed by atoms with Gasteiger partial charge in [0.1, 0.15) is 12.1 Å². The first-order valence-electron chi connectivity index (χ1n) is 8.38. The average Bonchev–Trinajstić information content (AvgIpc) is 3.07. The normalized spacial score (nSPS) is 11.2. The number of fused-ring (bicyclic) bond motifs is 4. The van der Waals surface area contributed by atoms with Crippen LogP contribution in [0, 0.1) is 6.92 Å². The smallest absolute Gasteiger partial charge is 0.212 e. The number of aryl methyl sites for hydroxylation is 2. The molecule has 0 saturated heterocycles. The van der Waals surface area contributed by atoms with Gasteiger partial charge < -0.3 is 12.4 Å². The molecule has 0 unspecified atom stereocenters. The topological polar surface area (TPSA) is 16.8 Å². The standard InChI is InChI=1S/C22H17N2S.ClH/c1-14-6-5-7-16-17-12-15(10-11-20(17)24(2)13-18(14)16)22-23-19-8-3-4-9-21(19)25-22;/h3-13H,1-2H3;1H/q+1;/p-1. The van der Waals surface area contributed by atoms with E-state index < -0.39 is 0 Å². The lowest BCUT2D eigenvalue weighted by atomic mass is 10.0. The molecule has 3 aromatic carbocycles. The first kappa shape index (κ1) is 17.0. The van der Waals surface area contributed by atoms with Crippen LogP contribution in [0.1, 0.15) is 5.56 Å². The van der Waals surface area contributed by atoms with E-state index in [0.717, 1.165) is 10.5 Å². The van der Waals surface area contributed by atoms with E-state index in [-0.39, 0.29) is 12.4 Å². The Morgan fingerprint density at radius 1 is 0.885 bits per heavy atom. The summed E-state index contributed by atoms with van der Waals surface area (Å²) < 4.78 is 3.45. The van der Waals surface area contributed by atoms with Crippen LogP contribution in [0.15, 0.2) is 66.9 Å². The van der Waals surface area contributed by atoms with Gasteiger partial charge in [0, 0.05) is 22.4 Å². The second-order valence-electron chi connectivity index (χ2n) is 6.49. The lowest BCUT2D eigenvalue weighted by molar-refractivity contribution is -0.643. The van der Waals surface area contributed by atoms with Crippen molar-refractivity contribution in [2.24, 2.45) is 7.05 Å². The molecule has 0 bridgehead atoms. The van der Waals surface area contributed by atoms with E-state index in [1.54, 1.807) is 11.3 Å². The summed E-state index contributed by atoms with van der Waals surface area (Å²) in [6.07, 6.45) is 2.23. The molecule has 2 aromatic heterocycles. The molecule has 2 nitrogen and oxygen atoms in total. The molecule has 0 N–H and O–H groups in total. The Hall–Kier alpha value is -2.49. The average molecular weight is 377 g/mol. The van der Waals surface area contributed by atoms with Gasteiger partial charge in [-0.25, -0.2) is 9.55 Å². The van der Waals surface area contributed by atoms with Crippen LogP contribution in [-0.2, 0) is 7.05 Å². The van der Waals surface area contributed by atoms with Crippen LogP contribution >= 0.6 is 11.3 Å². The zero-order chi connectivity index (χ0) is 17.0. The lowest BCUT2D eigenvalue weighted by Crippen LogP contribution is -3.00. The first-order chi connectivity index (χ1) is 12.2. The fraction of sp³-hybridized carbons (Fsp3) is 0.0909. The maximum atomic E-state index is 4.82. The van der Waals surface area contributed by atoms with Crippen molar-refractivity contribution in [2.45, 2.75) is 6.92 Å². The van der Waals surface area contributed by atoms with Gasteiger partial charge >= 0.3 is 0 Å². The Morgan fingerprint density at radius 2 is 1.73 bits per heavy atom. The number of pyridine rings is 1. The summed E-state index contributed by atoms with van der Waals surface area (Å²) in [6.45, 7) is 2.17. The number of aromatic nitrogens is 2. The zero-order valence-corrected chi connectivity index (χ0v) is 16.1. The predicted molar refractivity (Wildman–Crippen MR) is 106 cm³/mol. The third-order valence-corrected chi connectivity index (χ3v) is 5.94. The lowest BCUT2D eigenvalue weighted by Gasteiger charge is -2.06. The van der Waals surface area contributed by atoms with Gasteiger partial charge in [-0.05, 0) is 36.8 Å². The molecule has 0 atom stereocenters. The van der Waals surface area contributed by atoms with Gasteiger partial charge in [-0.2, -0.15) is 0 Å². The Balaban J connectivity index is 0.00000168. The second kappa shape index (κ2) is 6.35. The molecular weight excluding hydrogens is 360 g/mol. The van der Waals surface area contributed by atoms with Gasteiger partial charge in [0.25, 0.3) is 0 Å². The van der Waals surface area contributed by atoms with Gasteiger partial charge in [-0.1, -0.05) is 30.3 Å². The monoisotopic (exact) mass is 376 g/mol. The fourth-order valence-corrected chi connectivity index (χ4v) is 4.50. The molecular formula is C22H17ClN2S. The van der Waals surface area contributed by atoms with Gasteiger partial charge in [0.2, 0.25) is 5.52 Å². The maximum absolute atomic E-state index is 4.82. The van der Waals surface area contributed by atoms with Crippen molar-refractivity contribution in [1.82, 2.24) is 4.98 Å². The number of rotatable bonds is 1. The van der Waals surface area contributed by atoms with Crippen molar-refractivity contribution in [1.29, 1.82) is 0 Å². The van der Waals surface area contributed by atoms with E-state index in [9.17, 15) is 0 Å². The van der Waals surface area contributed by atoms with E-state index >= 15 is 0 Å². The minimum atomic E-state index is 0. The minimum absolute atomic E-state index is 0. The molecule has 0 radical (unpaired) electrons. The number of benzene rings is 3. The summed E-state index contributed by atoms with van der Waals surface area (Å²) >= 11 is 1.75. The number of halogens is 1. The SMILES string of the molecule is Cc1cccc2c1c[n+](C)c1ccc(-c3nc4ccccc4s3)cc21.[Cl-]. The minimum Gasteiger partial charge on any atom is -1.00 e. The molecule has 5 aromatic rings. The highest BCUT2D eigenvalue weighted by Crippen LogP contribution is 2.33. The van der Waals surface area contributed by atoms with Crippen LogP contribution in [0.3, 0.4) is 0 Å². The van der Waals surface area contributed by atoms with Gasteiger partial charge in [0.05, 0.1) is 15.6 Å². The highest BCUT2D eigenvalue weighted by molar-refractivity contribution is 7.21. The summed E-state index contributed by atoms with van der Waals surface area (Å²) in [5, 5.41) is 4.96. The third-order valence-electron chi connectivity index (χ3n) is 4.85. The first-order valence-corrected chi connectivity index (χ1v) is 9.20. The highest BCUT2D eigenvalue weighted by Gasteiger charge is 2.14. The molecule has 128 valence electrons. The van der Waals surface area contributed by atoms with Crippen LogP contribution in [0.25, 0.3) is 42.5 Å². The van der Waals surface area contributed by atoms with Gasteiger partial charge in [-0.15, -0.1) is 11.3 Å². The molecule has 0 aliphatic rings. The van der Waals surface area contributed by atoms with Crippen molar-refractivity contribution in [3.05, 3.63) is 72.4 Å². The fourth-order valence-electron chi connectivity index (χ4n) is 3.54. The quantitative estimate of drug-likeness (QED) is 0.324. The Bertz CT molecular complexity index is 1240. The molecule has 0 aliphatic carbocycles. The molecule has 0 amide bonds. The molecule has 0 aliphatic heterocycles. The van der Waals surface area contributed by atoms with E-state index in [4.69, 9.17) is 4.98 Å². The number of para-hydroxylation sites is 1. The van der Waals surface area contributed by atoms with Crippen LogP contribution in [-0.4, -0.2) is 4.98 Å². The van der Waals surface area contributed by atoms with Crippen LogP contribution in [0.4, 0.5) is 0 Å². The van der Waals surface area contributed by atoms with E-state index in [1.807, 2.05) is 6.07 Å². The summed E-state index contributed by atoms with van der Waals surface area (Å²) in [5.41, 5.74) is 4.80. The summed E-state index contributed by atoms with van der Waals surface area (Å²) in [6, 6.07) is 21.5. The Labute approximate surface area is 162 Å². The number of hydrogen-bond donors (Lipinski definition) is 0. The summed E-state index contributed by atoms with van der Waals surface area (Å²) in [5.74, 6) is 0. The van der Waals surface area contributed by atoms with E-state index in [2.05, 4.69) is 79.3 Å². The van der Waals surface area contributed by atoms with E-state index in [1.165, 1.54) is 37.5 Å². The van der Waals surface area contributed by atoms with E-state index in [0.29, 0.717) is 0 Å². The molecule has 26 heavy (non-hydrogen) atoms. The van der Waals surface area contributed by atoms with Crippen molar-refractivity contribution in [3.63, 3.8) is 0 Å². The molecule has 0 spiro atoms. The van der Waals surface area contributed by atoms with Crippen LogP contribution in [0.5, 0.6) is 0 Å². The molecule has 0 fully saturated rings. The highest BCUT2D eigenvalue weighted by atomic mass is 35.5. The van der Waals surface area contributed by atoms with Gasteiger partial charge in [0.15, 0.2) is 6.20 Å². The second-order valence-corrected chi connectivity index (χ2v) is 7.53. The van der Waals surface area contributed by atoms with Crippen molar-refractivity contribution >= 4 is 43.2 Å².